The van der Waals surface area contributed by atoms with Crippen LogP contribution >= 0.6 is 11.8 Å². The summed E-state index contributed by atoms with van der Waals surface area (Å²) in [6, 6.07) is 11.2. The number of carbonyl (C=O) groups excluding carboxylic acids is 2. The summed E-state index contributed by atoms with van der Waals surface area (Å²) in [6.07, 6.45) is 0. The molecular formula is C18H15FN4O3S. The van der Waals surface area contributed by atoms with Crippen LogP contribution in [0.15, 0.2) is 58.5 Å². The fourth-order valence-electron chi connectivity index (χ4n) is 2.44. The van der Waals surface area contributed by atoms with Gasteiger partial charge in [0.15, 0.2) is 5.16 Å². The number of carbonyl (C=O) groups is 2. The maximum atomic E-state index is 13.3. The second-order valence-corrected chi connectivity index (χ2v) is 6.95. The molecule has 1 atom stereocenters. The minimum absolute atomic E-state index is 0.234. The maximum absolute atomic E-state index is 13.3. The molecule has 0 aliphatic carbocycles. The summed E-state index contributed by atoms with van der Waals surface area (Å²) in [5.74, 6) is -1.05. The van der Waals surface area contributed by atoms with E-state index in [4.69, 9.17) is 5.73 Å². The minimum atomic E-state index is -0.963. The average Bonchev–Trinajstić information content (AvgIpc) is 2.62. The van der Waals surface area contributed by atoms with E-state index in [2.05, 4.69) is 4.98 Å². The molecule has 27 heavy (non-hydrogen) atoms. The lowest BCUT2D eigenvalue weighted by Gasteiger charge is -2.16. The highest BCUT2D eigenvalue weighted by atomic mass is 32.2. The van der Waals surface area contributed by atoms with Crippen molar-refractivity contribution in [1.29, 1.82) is 0 Å². The number of halogens is 1. The van der Waals surface area contributed by atoms with E-state index in [1.165, 1.54) is 28.8 Å². The predicted molar refractivity (Wildman–Crippen MR) is 100 cm³/mol. The number of hydrogen-bond acceptors (Lipinski definition) is 5. The van der Waals surface area contributed by atoms with E-state index < -0.39 is 23.0 Å². The van der Waals surface area contributed by atoms with Gasteiger partial charge in [-0.25, -0.2) is 14.2 Å². The number of thioether (sulfide) groups is 1. The van der Waals surface area contributed by atoms with Crippen molar-refractivity contribution in [3.8, 4) is 5.69 Å². The number of nitrogens with zero attached hydrogens (tertiary/aromatic N) is 2. The van der Waals surface area contributed by atoms with Crippen LogP contribution in [0.2, 0.25) is 0 Å². The average molecular weight is 386 g/mol. The number of aromatic nitrogens is 2. The zero-order chi connectivity index (χ0) is 19.6. The largest absolute Gasteiger partial charge is 0.351 e. The van der Waals surface area contributed by atoms with Crippen LogP contribution in [0.25, 0.3) is 16.6 Å². The van der Waals surface area contributed by atoms with Crippen molar-refractivity contribution in [2.24, 2.45) is 5.73 Å². The number of fused-ring (bicyclic) bond motifs is 1. The van der Waals surface area contributed by atoms with Crippen molar-refractivity contribution in [1.82, 2.24) is 14.9 Å². The van der Waals surface area contributed by atoms with Crippen LogP contribution < -0.4 is 16.6 Å². The first-order chi connectivity index (χ1) is 12.9. The number of amides is 3. The normalized spacial score (nSPS) is 11.9. The quantitative estimate of drug-likeness (QED) is 0.528. The lowest BCUT2D eigenvalue weighted by atomic mass is 10.2. The van der Waals surface area contributed by atoms with Gasteiger partial charge in [0.05, 0.1) is 21.8 Å². The van der Waals surface area contributed by atoms with E-state index in [1.54, 1.807) is 31.2 Å². The summed E-state index contributed by atoms with van der Waals surface area (Å²) in [6.45, 7) is 1.55. The lowest BCUT2D eigenvalue weighted by Crippen LogP contribution is -2.39. The Balaban J connectivity index is 2.13. The zero-order valence-electron chi connectivity index (χ0n) is 14.2. The number of hydrogen-bond donors (Lipinski definition) is 2. The smallest absolute Gasteiger partial charge is 0.318 e. The van der Waals surface area contributed by atoms with Gasteiger partial charge in [0.2, 0.25) is 5.91 Å². The third kappa shape index (κ3) is 3.98. The van der Waals surface area contributed by atoms with Gasteiger partial charge < -0.3 is 5.73 Å². The number of para-hydroxylation sites is 1. The first-order valence-corrected chi connectivity index (χ1v) is 8.79. The fourth-order valence-corrected chi connectivity index (χ4v) is 3.37. The predicted octanol–water partition coefficient (Wildman–Crippen LogP) is 2.20. The second-order valence-electron chi connectivity index (χ2n) is 5.64. The number of rotatable bonds is 4. The van der Waals surface area contributed by atoms with Crippen LogP contribution in [-0.4, -0.2) is 26.7 Å². The molecule has 0 saturated carbocycles. The molecule has 3 N–H and O–H groups in total. The Morgan fingerprint density at radius 3 is 2.52 bits per heavy atom. The molecule has 0 spiro atoms. The van der Waals surface area contributed by atoms with Crippen LogP contribution in [-0.2, 0) is 4.79 Å². The van der Waals surface area contributed by atoms with E-state index in [0.29, 0.717) is 16.6 Å². The van der Waals surface area contributed by atoms with Gasteiger partial charge in [-0.15, -0.1) is 0 Å². The van der Waals surface area contributed by atoms with Gasteiger partial charge in [-0.3, -0.25) is 19.5 Å². The van der Waals surface area contributed by atoms with Crippen molar-refractivity contribution in [3.63, 3.8) is 0 Å². The van der Waals surface area contributed by atoms with E-state index in [-0.39, 0.29) is 10.7 Å². The number of primary amides is 1. The van der Waals surface area contributed by atoms with Gasteiger partial charge in [-0.1, -0.05) is 23.9 Å². The van der Waals surface area contributed by atoms with Crippen molar-refractivity contribution in [3.05, 3.63) is 64.7 Å². The van der Waals surface area contributed by atoms with Gasteiger partial charge in [0.25, 0.3) is 5.56 Å². The van der Waals surface area contributed by atoms with E-state index in [1.807, 2.05) is 5.32 Å². The van der Waals surface area contributed by atoms with Gasteiger partial charge in [0, 0.05) is 0 Å². The molecule has 1 aromatic heterocycles. The Kier molecular flexibility index (Phi) is 5.22. The first-order valence-electron chi connectivity index (χ1n) is 7.91. The summed E-state index contributed by atoms with van der Waals surface area (Å²) in [5.41, 5.74) is 5.49. The fraction of sp³-hybridized carbons (Fsp3) is 0.111. The molecule has 0 aliphatic heterocycles. The highest BCUT2D eigenvalue weighted by molar-refractivity contribution is 8.00. The number of nitrogens with one attached hydrogen (secondary N) is 1. The molecule has 2 aromatic carbocycles. The molecule has 0 aliphatic rings. The van der Waals surface area contributed by atoms with Crippen LogP contribution in [0.5, 0.6) is 0 Å². The number of imide groups is 1. The van der Waals surface area contributed by atoms with Crippen LogP contribution in [0, 0.1) is 5.82 Å². The van der Waals surface area contributed by atoms with E-state index in [0.717, 1.165) is 11.8 Å². The Hall–Kier alpha value is -3.20. The van der Waals surface area contributed by atoms with E-state index >= 15 is 0 Å². The van der Waals surface area contributed by atoms with Crippen molar-refractivity contribution in [2.75, 3.05) is 0 Å². The summed E-state index contributed by atoms with van der Waals surface area (Å²) in [4.78, 5) is 40.4. The molecular weight excluding hydrogens is 371 g/mol. The number of benzene rings is 2. The molecule has 138 valence electrons. The zero-order valence-corrected chi connectivity index (χ0v) is 15.0. The molecule has 0 bridgehead atoms. The highest BCUT2D eigenvalue weighted by Crippen LogP contribution is 2.25. The molecule has 9 heteroatoms. The topological polar surface area (TPSA) is 107 Å². The van der Waals surface area contributed by atoms with Gasteiger partial charge >= 0.3 is 6.03 Å². The summed E-state index contributed by atoms with van der Waals surface area (Å²) in [5, 5.41) is 1.87. The Morgan fingerprint density at radius 2 is 1.85 bits per heavy atom. The molecule has 0 unspecified atom stereocenters. The molecule has 3 rings (SSSR count). The molecule has 0 saturated heterocycles. The highest BCUT2D eigenvalue weighted by Gasteiger charge is 2.21. The van der Waals surface area contributed by atoms with Crippen molar-refractivity contribution >= 4 is 34.6 Å². The first kappa shape index (κ1) is 18.6. The van der Waals surface area contributed by atoms with Gasteiger partial charge in [-0.05, 0) is 43.3 Å². The maximum Gasteiger partial charge on any atom is 0.318 e. The molecule has 3 aromatic rings. The van der Waals surface area contributed by atoms with Crippen LogP contribution in [0.4, 0.5) is 9.18 Å². The third-order valence-corrected chi connectivity index (χ3v) is 4.78. The molecule has 0 fully saturated rings. The summed E-state index contributed by atoms with van der Waals surface area (Å²) < 4.78 is 14.6. The number of nitrogens with two attached hydrogens (primary N) is 1. The van der Waals surface area contributed by atoms with Crippen LogP contribution in [0.3, 0.4) is 0 Å². The third-order valence-electron chi connectivity index (χ3n) is 3.73. The lowest BCUT2D eigenvalue weighted by molar-refractivity contribution is -0.119. The van der Waals surface area contributed by atoms with E-state index in [9.17, 15) is 18.8 Å². The van der Waals surface area contributed by atoms with Crippen LogP contribution in [0.1, 0.15) is 6.92 Å². The molecule has 0 radical (unpaired) electrons. The Labute approximate surface area is 157 Å². The SMILES string of the molecule is C[C@H](Sc1nc2ccccc2c(=O)n1-c1ccc(F)cc1)C(=O)NC(N)=O. The molecule has 7 nitrogen and oxygen atoms in total. The standard InChI is InChI=1S/C18H15FN4O3S/c1-10(15(24)22-17(20)26)27-18-21-14-5-3-2-4-13(14)16(25)23(18)12-8-6-11(19)7-9-12/h2-10H,1H3,(H3,20,22,24,26)/t10-/m0/s1. The van der Waals surface area contributed by atoms with Gasteiger partial charge in [0.1, 0.15) is 5.82 Å². The summed E-state index contributed by atoms with van der Waals surface area (Å²) in [7, 11) is 0. The Morgan fingerprint density at radius 1 is 1.19 bits per heavy atom. The monoisotopic (exact) mass is 386 g/mol. The van der Waals surface area contributed by atoms with Crippen molar-refractivity contribution < 1.29 is 14.0 Å². The molecule has 1 heterocycles. The second kappa shape index (κ2) is 7.58. The van der Waals surface area contributed by atoms with Gasteiger partial charge in [-0.2, -0.15) is 0 Å². The summed E-state index contributed by atoms with van der Waals surface area (Å²) >= 11 is 0.987. The molecule has 3 amide bonds. The van der Waals surface area contributed by atoms with Crippen molar-refractivity contribution in [2.45, 2.75) is 17.3 Å². The number of urea groups is 1. The minimum Gasteiger partial charge on any atom is -0.351 e. The Bertz CT molecular complexity index is 1080.